The SMILES string of the molecule is Cn1c(=O)c2nc(S(=O)(=O)CCC(=O)O)n(Cc3ccc(F)cc3)c2n(C)c1=O. The first-order valence-corrected chi connectivity index (χ1v) is 10.0. The smallest absolute Gasteiger partial charge is 0.332 e. The third-order valence-electron chi connectivity index (χ3n) is 4.42. The Hall–Kier alpha value is -3.28. The summed E-state index contributed by atoms with van der Waals surface area (Å²) < 4.78 is 41.8. The van der Waals surface area contributed by atoms with Crippen molar-refractivity contribution in [2.45, 2.75) is 18.1 Å². The van der Waals surface area contributed by atoms with Gasteiger partial charge in [0.15, 0.2) is 11.2 Å². The van der Waals surface area contributed by atoms with Crippen LogP contribution in [0.4, 0.5) is 4.39 Å². The second kappa shape index (κ2) is 7.28. The van der Waals surface area contributed by atoms with Crippen molar-refractivity contribution in [2.24, 2.45) is 14.1 Å². The van der Waals surface area contributed by atoms with E-state index in [0.29, 0.717) is 5.56 Å². The van der Waals surface area contributed by atoms with E-state index >= 15 is 0 Å². The zero-order chi connectivity index (χ0) is 21.5. The molecule has 0 saturated heterocycles. The lowest BCUT2D eigenvalue weighted by molar-refractivity contribution is -0.136. The van der Waals surface area contributed by atoms with Gasteiger partial charge in [0.25, 0.3) is 5.56 Å². The molecule has 0 spiro atoms. The highest BCUT2D eigenvalue weighted by molar-refractivity contribution is 7.91. The van der Waals surface area contributed by atoms with E-state index in [4.69, 9.17) is 5.11 Å². The molecule has 0 fully saturated rings. The number of halogens is 1. The van der Waals surface area contributed by atoms with E-state index in [1.807, 2.05) is 0 Å². The van der Waals surface area contributed by atoms with Crippen LogP contribution in [0.25, 0.3) is 11.2 Å². The molecule has 1 aromatic carbocycles. The largest absolute Gasteiger partial charge is 0.481 e. The summed E-state index contributed by atoms with van der Waals surface area (Å²) in [4.78, 5) is 39.6. The maximum atomic E-state index is 13.2. The molecule has 1 N–H and O–H groups in total. The van der Waals surface area contributed by atoms with E-state index < -0.39 is 50.2 Å². The van der Waals surface area contributed by atoms with Crippen LogP contribution in [0.3, 0.4) is 0 Å². The van der Waals surface area contributed by atoms with Crippen molar-refractivity contribution in [2.75, 3.05) is 5.75 Å². The van der Waals surface area contributed by atoms with Gasteiger partial charge in [-0.25, -0.2) is 22.6 Å². The van der Waals surface area contributed by atoms with Crippen LogP contribution in [0, 0.1) is 5.82 Å². The van der Waals surface area contributed by atoms with Crippen molar-refractivity contribution >= 4 is 27.0 Å². The van der Waals surface area contributed by atoms with Crippen molar-refractivity contribution in [1.29, 1.82) is 0 Å². The summed E-state index contributed by atoms with van der Waals surface area (Å²) >= 11 is 0. The maximum absolute atomic E-state index is 13.2. The van der Waals surface area contributed by atoms with Crippen molar-refractivity contribution in [3.63, 3.8) is 0 Å². The quantitative estimate of drug-likeness (QED) is 0.583. The maximum Gasteiger partial charge on any atom is 0.332 e. The van der Waals surface area contributed by atoms with Gasteiger partial charge < -0.3 is 5.11 Å². The van der Waals surface area contributed by atoms with E-state index in [1.54, 1.807) is 0 Å². The molecule has 154 valence electrons. The molecule has 0 radical (unpaired) electrons. The first kappa shape index (κ1) is 20.5. The summed E-state index contributed by atoms with van der Waals surface area (Å²) in [6.45, 7) is -0.126. The second-order valence-corrected chi connectivity index (χ2v) is 8.45. The van der Waals surface area contributed by atoms with E-state index in [1.165, 1.54) is 38.4 Å². The summed E-state index contributed by atoms with van der Waals surface area (Å²) in [5.41, 5.74) is -1.25. The molecule has 10 nitrogen and oxygen atoms in total. The molecule has 12 heteroatoms. The molecule has 3 aromatic rings. The Balaban J connectivity index is 2.32. The monoisotopic (exact) mass is 424 g/mol. The molecule has 0 atom stereocenters. The number of carbonyl (C=O) groups is 1. The van der Waals surface area contributed by atoms with Gasteiger partial charge in [-0.1, -0.05) is 12.1 Å². The van der Waals surface area contributed by atoms with Crippen LogP contribution in [-0.2, 0) is 35.3 Å². The highest BCUT2D eigenvalue weighted by atomic mass is 32.2. The minimum Gasteiger partial charge on any atom is -0.481 e. The Kier molecular flexibility index (Phi) is 5.13. The third kappa shape index (κ3) is 3.70. The highest BCUT2D eigenvalue weighted by Gasteiger charge is 2.28. The number of fused-ring (bicyclic) bond motifs is 1. The Bertz CT molecular complexity index is 1340. The average Bonchev–Trinajstić information content (AvgIpc) is 3.05. The molecule has 0 bridgehead atoms. The van der Waals surface area contributed by atoms with E-state index in [2.05, 4.69) is 4.98 Å². The van der Waals surface area contributed by atoms with Gasteiger partial charge in [-0.2, -0.15) is 0 Å². The van der Waals surface area contributed by atoms with Gasteiger partial charge >= 0.3 is 11.7 Å². The number of imidazole rings is 1. The number of sulfone groups is 1. The average molecular weight is 424 g/mol. The van der Waals surface area contributed by atoms with E-state index in [9.17, 15) is 27.2 Å². The number of hydrogen-bond acceptors (Lipinski definition) is 6. The Labute approximate surface area is 163 Å². The molecule has 0 saturated carbocycles. The molecule has 3 rings (SSSR count). The van der Waals surface area contributed by atoms with Crippen LogP contribution in [0.15, 0.2) is 39.0 Å². The lowest BCUT2D eigenvalue weighted by Gasteiger charge is -2.12. The van der Waals surface area contributed by atoms with Gasteiger partial charge in [0.1, 0.15) is 5.82 Å². The van der Waals surface area contributed by atoms with Crippen LogP contribution >= 0.6 is 0 Å². The number of aryl methyl sites for hydroxylation is 1. The lowest BCUT2D eigenvalue weighted by atomic mass is 10.2. The number of aromatic nitrogens is 4. The molecule has 2 aromatic heterocycles. The Morgan fingerprint density at radius 2 is 1.76 bits per heavy atom. The summed E-state index contributed by atoms with van der Waals surface area (Å²) in [5.74, 6) is -2.53. The van der Waals surface area contributed by atoms with Crippen molar-refractivity contribution in [3.8, 4) is 0 Å². The first-order valence-electron chi connectivity index (χ1n) is 8.38. The molecule has 0 aliphatic carbocycles. The molecular formula is C17H17FN4O6S. The van der Waals surface area contributed by atoms with Gasteiger partial charge in [0, 0.05) is 14.1 Å². The summed E-state index contributed by atoms with van der Waals surface area (Å²) in [7, 11) is -1.60. The Morgan fingerprint density at radius 3 is 2.34 bits per heavy atom. The van der Waals surface area contributed by atoms with Gasteiger partial charge in [0.2, 0.25) is 15.0 Å². The molecule has 2 heterocycles. The van der Waals surface area contributed by atoms with Gasteiger partial charge in [0.05, 0.1) is 18.7 Å². The van der Waals surface area contributed by atoms with Gasteiger partial charge in [-0.15, -0.1) is 0 Å². The molecule has 0 unspecified atom stereocenters. The number of hydrogen-bond donors (Lipinski definition) is 1. The van der Waals surface area contributed by atoms with Crippen LogP contribution in [0.5, 0.6) is 0 Å². The summed E-state index contributed by atoms with van der Waals surface area (Å²) in [6.07, 6.45) is -0.654. The number of rotatable bonds is 6. The fourth-order valence-electron chi connectivity index (χ4n) is 2.93. The fourth-order valence-corrected chi connectivity index (χ4v) is 4.28. The predicted octanol–water partition coefficient (Wildman–Crippen LogP) is -0.130. The number of carboxylic acids is 1. The van der Waals surface area contributed by atoms with Crippen LogP contribution < -0.4 is 11.2 Å². The lowest BCUT2D eigenvalue weighted by Crippen LogP contribution is -2.37. The van der Waals surface area contributed by atoms with Crippen LogP contribution in [-0.4, -0.2) is 43.9 Å². The zero-order valence-corrected chi connectivity index (χ0v) is 16.3. The van der Waals surface area contributed by atoms with Crippen LogP contribution in [0.1, 0.15) is 12.0 Å². The van der Waals surface area contributed by atoms with Crippen LogP contribution in [0.2, 0.25) is 0 Å². The van der Waals surface area contributed by atoms with Crippen molar-refractivity contribution in [3.05, 3.63) is 56.5 Å². The minimum absolute atomic E-state index is 0.0312. The number of aliphatic carboxylic acids is 1. The molecule has 0 amide bonds. The molecule has 0 aliphatic rings. The highest BCUT2D eigenvalue weighted by Crippen LogP contribution is 2.20. The number of carboxylic acid groups (broad SMARTS) is 1. The third-order valence-corrected chi connectivity index (χ3v) is 6.03. The Morgan fingerprint density at radius 1 is 1.14 bits per heavy atom. The molecule has 29 heavy (non-hydrogen) atoms. The zero-order valence-electron chi connectivity index (χ0n) is 15.5. The van der Waals surface area contributed by atoms with E-state index in [-0.39, 0.29) is 17.7 Å². The number of benzene rings is 1. The minimum atomic E-state index is -4.20. The molecular weight excluding hydrogens is 407 g/mol. The summed E-state index contributed by atoms with van der Waals surface area (Å²) in [6, 6.07) is 5.22. The standard InChI is InChI=1S/C17H17FN4O6S/c1-20-14-13(15(25)21(2)17(20)26)19-16(29(27,28)8-7-12(23)24)22(14)9-10-3-5-11(18)6-4-10/h3-6H,7-9H2,1-2H3,(H,23,24). The van der Waals surface area contributed by atoms with E-state index in [0.717, 1.165) is 13.7 Å². The van der Waals surface area contributed by atoms with Gasteiger partial charge in [-0.05, 0) is 17.7 Å². The first-order chi connectivity index (χ1) is 13.5. The molecule has 0 aliphatic heterocycles. The van der Waals surface area contributed by atoms with Crippen molar-refractivity contribution < 1.29 is 22.7 Å². The fraction of sp³-hybridized carbons (Fsp3) is 0.294. The van der Waals surface area contributed by atoms with Gasteiger partial charge in [-0.3, -0.25) is 23.3 Å². The predicted molar refractivity (Wildman–Crippen MR) is 100 cm³/mol. The topological polar surface area (TPSA) is 133 Å². The van der Waals surface area contributed by atoms with Crippen molar-refractivity contribution in [1.82, 2.24) is 18.7 Å². The number of nitrogens with zero attached hydrogens (tertiary/aromatic N) is 4. The normalized spacial score (nSPS) is 11.8. The summed E-state index contributed by atoms with van der Waals surface area (Å²) in [5, 5.41) is 8.30. The second-order valence-electron chi connectivity index (χ2n) is 6.45.